The summed E-state index contributed by atoms with van der Waals surface area (Å²) >= 11 is 0. The first-order valence-electron chi connectivity index (χ1n) is 7.65. The van der Waals surface area contributed by atoms with Gasteiger partial charge in [0.15, 0.2) is 0 Å². The number of hydrogen-bond donors (Lipinski definition) is 1. The number of carbonyl (C=O) groups is 1. The second kappa shape index (κ2) is 7.02. The number of amides is 2. The number of nitrogens with one attached hydrogen (secondary N) is 1. The number of hydrogen-bond acceptors (Lipinski definition) is 3. The maximum atomic E-state index is 12.2. The Morgan fingerprint density at radius 1 is 1.27 bits per heavy atom. The molecule has 1 saturated heterocycles. The van der Waals surface area contributed by atoms with Crippen molar-refractivity contribution in [2.24, 2.45) is 0 Å². The fraction of sp³-hybridized carbons (Fsp3) is 0.353. The smallest absolute Gasteiger partial charge is 0.317 e. The zero-order chi connectivity index (χ0) is 15.2. The number of urea groups is 1. The molecule has 2 aromatic heterocycles. The molecule has 0 radical (unpaired) electrons. The van der Waals surface area contributed by atoms with E-state index in [1.807, 2.05) is 35.4 Å². The van der Waals surface area contributed by atoms with Crippen LogP contribution in [0.25, 0.3) is 0 Å². The summed E-state index contributed by atoms with van der Waals surface area (Å²) in [6.07, 6.45) is 7.20. The van der Waals surface area contributed by atoms with Crippen LogP contribution in [-0.4, -0.2) is 40.5 Å². The first-order chi connectivity index (χ1) is 10.8. The molecule has 2 amide bonds. The molecule has 0 spiro atoms. The Kier molecular flexibility index (Phi) is 4.63. The minimum atomic E-state index is 0.0160. The highest BCUT2D eigenvalue weighted by Gasteiger charge is 2.27. The normalized spacial score (nSPS) is 17.5. The first-order valence-corrected chi connectivity index (χ1v) is 7.65. The van der Waals surface area contributed by atoms with Gasteiger partial charge in [0, 0.05) is 56.3 Å². The van der Waals surface area contributed by atoms with Gasteiger partial charge in [-0.25, -0.2) is 4.79 Å². The van der Waals surface area contributed by atoms with Crippen molar-refractivity contribution in [3.05, 3.63) is 60.2 Å². The molecule has 1 fully saturated rings. The van der Waals surface area contributed by atoms with Crippen LogP contribution in [0.3, 0.4) is 0 Å². The van der Waals surface area contributed by atoms with Gasteiger partial charge in [-0.1, -0.05) is 12.1 Å². The van der Waals surface area contributed by atoms with Crippen molar-refractivity contribution in [3.63, 3.8) is 0 Å². The van der Waals surface area contributed by atoms with Gasteiger partial charge in [-0.05, 0) is 30.2 Å². The summed E-state index contributed by atoms with van der Waals surface area (Å²) < 4.78 is 0. The van der Waals surface area contributed by atoms with E-state index >= 15 is 0 Å². The van der Waals surface area contributed by atoms with E-state index in [9.17, 15) is 4.79 Å². The van der Waals surface area contributed by atoms with Gasteiger partial charge in [0.25, 0.3) is 0 Å². The van der Waals surface area contributed by atoms with Gasteiger partial charge in [-0.15, -0.1) is 0 Å². The van der Waals surface area contributed by atoms with Crippen LogP contribution in [0, 0.1) is 0 Å². The minimum Gasteiger partial charge on any atom is -0.338 e. The molecule has 5 heteroatoms. The average Bonchev–Trinajstić information content (AvgIpc) is 3.07. The van der Waals surface area contributed by atoms with E-state index in [2.05, 4.69) is 21.4 Å². The summed E-state index contributed by atoms with van der Waals surface area (Å²) in [5.41, 5.74) is 2.21. The Bertz CT molecular complexity index is 603. The van der Waals surface area contributed by atoms with E-state index in [4.69, 9.17) is 0 Å². The number of carbonyl (C=O) groups excluding carboxylic acids is 1. The maximum absolute atomic E-state index is 12.2. The zero-order valence-electron chi connectivity index (χ0n) is 12.5. The number of likely N-dealkylation sites (tertiary alicyclic amines) is 1. The molecule has 1 atom stereocenters. The largest absolute Gasteiger partial charge is 0.338 e. The Labute approximate surface area is 130 Å². The number of pyridine rings is 2. The van der Waals surface area contributed by atoms with E-state index in [0.29, 0.717) is 12.5 Å². The van der Waals surface area contributed by atoms with Crippen LogP contribution in [0.15, 0.2) is 48.9 Å². The molecule has 3 rings (SSSR count). The third-order valence-electron chi connectivity index (χ3n) is 4.01. The van der Waals surface area contributed by atoms with Crippen molar-refractivity contribution in [1.82, 2.24) is 20.2 Å². The summed E-state index contributed by atoms with van der Waals surface area (Å²) in [6.45, 7) is 2.18. The van der Waals surface area contributed by atoms with Crippen molar-refractivity contribution in [3.8, 4) is 0 Å². The Morgan fingerprint density at radius 3 is 3.00 bits per heavy atom. The minimum absolute atomic E-state index is 0.0160. The lowest BCUT2D eigenvalue weighted by atomic mass is 10.0. The highest BCUT2D eigenvalue weighted by Crippen LogP contribution is 2.26. The predicted octanol–water partition coefficient (Wildman–Crippen LogP) is 2.22. The molecule has 1 N–H and O–H groups in total. The van der Waals surface area contributed by atoms with Crippen LogP contribution in [0.5, 0.6) is 0 Å². The lowest BCUT2D eigenvalue weighted by Crippen LogP contribution is -2.39. The third-order valence-corrected chi connectivity index (χ3v) is 4.01. The molecule has 22 heavy (non-hydrogen) atoms. The van der Waals surface area contributed by atoms with Crippen LogP contribution in [0.2, 0.25) is 0 Å². The fourth-order valence-electron chi connectivity index (χ4n) is 2.79. The van der Waals surface area contributed by atoms with Crippen LogP contribution in [0.1, 0.15) is 23.6 Å². The monoisotopic (exact) mass is 296 g/mol. The lowest BCUT2D eigenvalue weighted by Gasteiger charge is -2.17. The predicted molar refractivity (Wildman–Crippen MR) is 84.5 cm³/mol. The second-order valence-electron chi connectivity index (χ2n) is 5.52. The van der Waals surface area contributed by atoms with E-state index in [1.54, 1.807) is 12.4 Å². The Morgan fingerprint density at radius 2 is 2.23 bits per heavy atom. The summed E-state index contributed by atoms with van der Waals surface area (Å²) in [4.78, 5) is 22.5. The third kappa shape index (κ3) is 3.61. The van der Waals surface area contributed by atoms with Gasteiger partial charge in [0.1, 0.15) is 0 Å². The van der Waals surface area contributed by atoms with Crippen molar-refractivity contribution < 1.29 is 4.79 Å². The van der Waals surface area contributed by atoms with Gasteiger partial charge in [-0.3, -0.25) is 9.97 Å². The molecule has 1 aliphatic heterocycles. The van der Waals surface area contributed by atoms with Gasteiger partial charge in [0.2, 0.25) is 0 Å². The van der Waals surface area contributed by atoms with Crippen LogP contribution >= 0.6 is 0 Å². The van der Waals surface area contributed by atoms with E-state index in [0.717, 1.165) is 31.6 Å². The average molecular weight is 296 g/mol. The Balaban J connectivity index is 1.46. The molecule has 114 valence electrons. The van der Waals surface area contributed by atoms with Crippen molar-refractivity contribution in [2.75, 3.05) is 19.6 Å². The summed E-state index contributed by atoms with van der Waals surface area (Å²) in [7, 11) is 0. The van der Waals surface area contributed by atoms with Crippen LogP contribution < -0.4 is 5.32 Å². The molecule has 0 bridgehead atoms. The van der Waals surface area contributed by atoms with Gasteiger partial charge >= 0.3 is 6.03 Å². The van der Waals surface area contributed by atoms with Gasteiger partial charge in [-0.2, -0.15) is 0 Å². The molecule has 1 unspecified atom stereocenters. The van der Waals surface area contributed by atoms with Crippen molar-refractivity contribution >= 4 is 6.03 Å². The Hall–Kier alpha value is -2.43. The van der Waals surface area contributed by atoms with Gasteiger partial charge in [0.05, 0.1) is 0 Å². The summed E-state index contributed by atoms with van der Waals surface area (Å²) in [5, 5.41) is 2.98. The molecule has 1 aliphatic rings. The lowest BCUT2D eigenvalue weighted by molar-refractivity contribution is 0.208. The van der Waals surface area contributed by atoms with Gasteiger partial charge < -0.3 is 10.2 Å². The van der Waals surface area contributed by atoms with Crippen molar-refractivity contribution in [2.45, 2.75) is 18.8 Å². The molecule has 3 heterocycles. The zero-order valence-corrected chi connectivity index (χ0v) is 12.5. The summed E-state index contributed by atoms with van der Waals surface area (Å²) in [5.74, 6) is 0.398. The molecule has 5 nitrogen and oxygen atoms in total. The molecular formula is C17H20N4O. The van der Waals surface area contributed by atoms with E-state index in [1.165, 1.54) is 5.56 Å². The van der Waals surface area contributed by atoms with Crippen LogP contribution in [-0.2, 0) is 6.42 Å². The van der Waals surface area contributed by atoms with E-state index < -0.39 is 0 Å². The second-order valence-corrected chi connectivity index (χ2v) is 5.52. The standard InChI is InChI=1S/C17H20N4O/c22-17(20-10-6-16-5-1-2-9-19-16)21-11-7-15(13-21)14-4-3-8-18-12-14/h1-5,8-9,12,15H,6-7,10-11,13H2,(H,20,22). The van der Waals surface area contributed by atoms with Crippen LogP contribution in [0.4, 0.5) is 4.79 Å². The maximum Gasteiger partial charge on any atom is 0.317 e. The molecule has 0 aliphatic carbocycles. The number of aromatic nitrogens is 2. The molecule has 2 aromatic rings. The molecular weight excluding hydrogens is 276 g/mol. The number of nitrogens with zero attached hydrogens (tertiary/aromatic N) is 3. The number of rotatable bonds is 4. The van der Waals surface area contributed by atoms with Crippen molar-refractivity contribution in [1.29, 1.82) is 0 Å². The fourth-order valence-corrected chi connectivity index (χ4v) is 2.79. The first kappa shape index (κ1) is 14.5. The highest BCUT2D eigenvalue weighted by atomic mass is 16.2. The summed E-state index contributed by atoms with van der Waals surface area (Å²) in [6, 6.07) is 9.88. The molecule has 0 aromatic carbocycles. The quantitative estimate of drug-likeness (QED) is 0.941. The highest BCUT2D eigenvalue weighted by molar-refractivity contribution is 5.74. The van der Waals surface area contributed by atoms with E-state index in [-0.39, 0.29) is 6.03 Å². The topological polar surface area (TPSA) is 58.1 Å². The molecule has 0 saturated carbocycles. The SMILES string of the molecule is O=C(NCCc1ccccn1)N1CCC(c2cccnc2)C1.